The molecule has 0 aromatic heterocycles. The van der Waals surface area contributed by atoms with Crippen molar-refractivity contribution in [2.75, 3.05) is 0 Å². The first-order chi connectivity index (χ1) is 5.52. The van der Waals surface area contributed by atoms with Crippen LogP contribution in [-0.2, 0) is 0 Å². The van der Waals surface area contributed by atoms with Gasteiger partial charge < -0.3 is 0 Å². The van der Waals surface area contributed by atoms with Gasteiger partial charge in [-0.2, -0.15) is 0 Å². The van der Waals surface area contributed by atoms with E-state index in [0.717, 1.165) is 5.56 Å². The molecule has 66 valence electrons. The van der Waals surface area contributed by atoms with Crippen LogP contribution >= 0.6 is 35.8 Å². The van der Waals surface area contributed by atoms with Gasteiger partial charge in [0.2, 0.25) is 0 Å². The predicted octanol–water partition coefficient (Wildman–Crippen LogP) is 4.41. The average molecular weight is 221 g/mol. The summed E-state index contributed by atoms with van der Waals surface area (Å²) < 4.78 is 0. The molecule has 0 aliphatic heterocycles. The van der Waals surface area contributed by atoms with E-state index in [1.807, 2.05) is 12.1 Å². The number of halogens is 2. The summed E-state index contributed by atoms with van der Waals surface area (Å²) in [5.41, 5.74) is 1.14. The van der Waals surface area contributed by atoms with E-state index >= 15 is 0 Å². The number of hydrogen-bond acceptors (Lipinski definition) is 1. The number of thiol groups is 1. The first-order valence-electron chi connectivity index (χ1n) is 3.70. The second kappa shape index (κ2) is 3.91. The summed E-state index contributed by atoms with van der Waals surface area (Å²) in [5.74, 6) is 0.439. The molecule has 0 saturated carbocycles. The summed E-state index contributed by atoms with van der Waals surface area (Å²) in [5, 5.41) is 1.24. The second-order valence-electron chi connectivity index (χ2n) is 2.99. The molecule has 0 radical (unpaired) electrons. The lowest BCUT2D eigenvalue weighted by atomic mass is 10.0. The number of hydrogen-bond donors (Lipinski definition) is 1. The lowest BCUT2D eigenvalue weighted by Crippen LogP contribution is -1.87. The van der Waals surface area contributed by atoms with Gasteiger partial charge in [0, 0.05) is 4.90 Å². The van der Waals surface area contributed by atoms with Gasteiger partial charge in [0.25, 0.3) is 0 Å². The Bertz CT molecular complexity index is 272. The first-order valence-corrected chi connectivity index (χ1v) is 4.90. The van der Waals surface area contributed by atoms with Crippen LogP contribution in [0.15, 0.2) is 17.0 Å². The van der Waals surface area contributed by atoms with E-state index < -0.39 is 0 Å². The Morgan fingerprint density at radius 3 is 1.92 bits per heavy atom. The maximum atomic E-state index is 5.90. The van der Waals surface area contributed by atoms with Crippen LogP contribution in [0, 0.1) is 0 Å². The van der Waals surface area contributed by atoms with E-state index in [4.69, 9.17) is 23.2 Å². The number of benzene rings is 1. The zero-order valence-electron chi connectivity index (χ0n) is 6.94. The molecule has 0 heterocycles. The summed E-state index contributed by atoms with van der Waals surface area (Å²) >= 11 is 16.0. The van der Waals surface area contributed by atoms with Gasteiger partial charge in [-0.25, -0.2) is 0 Å². The highest BCUT2D eigenvalue weighted by atomic mass is 35.5. The largest absolute Gasteiger partial charge is 0.140 e. The van der Waals surface area contributed by atoms with Crippen LogP contribution in [0.2, 0.25) is 10.0 Å². The quantitative estimate of drug-likeness (QED) is 0.667. The average Bonchev–Trinajstić information content (AvgIpc) is 1.99. The molecule has 0 atom stereocenters. The lowest BCUT2D eigenvalue weighted by molar-refractivity contribution is 0.865. The Morgan fingerprint density at radius 2 is 1.58 bits per heavy atom. The van der Waals surface area contributed by atoms with E-state index in [1.54, 1.807) is 0 Å². The van der Waals surface area contributed by atoms with E-state index in [2.05, 4.69) is 26.5 Å². The van der Waals surface area contributed by atoms with Crippen LogP contribution in [0.3, 0.4) is 0 Å². The van der Waals surface area contributed by atoms with Gasteiger partial charge in [-0.15, -0.1) is 12.6 Å². The van der Waals surface area contributed by atoms with E-state index in [-0.39, 0.29) is 0 Å². The van der Waals surface area contributed by atoms with Crippen LogP contribution in [0.25, 0.3) is 0 Å². The van der Waals surface area contributed by atoms with Crippen LogP contribution in [0.5, 0.6) is 0 Å². The molecule has 0 N–H and O–H groups in total. The maximum Gasteiger partial charge on any atom is 0.0557 e. The van der Waals surface area contributed by atoms with Crippen molar-refractivity contribution in [1.29, 1.82) is 0 Å². The monoisotopic (exact) mass is 220 g/mol. The minimum absolute atomic E-state index is 0.439. The van der Waals surface area contributed by atoms with Gasteiger partial charge in [-0.1, -0.05) is 37.0 Å². The van der Waals surface area contributed by atoms with Crippen LogP contribution in [-0.4, -0.2) is 0 Å². The summed E-state index contributed by atoms with van der Waals surface area (Å²) in [4.78, 5) is 0.655. The standard InChI is InChI=1S/C9H10Cl2S/c1-5(2)6-3-7(10)9(12)8(11)4-6/h3-5,12H,1-2H3. The Labute approximate surface area is 88.3 Å². The molecule has 12 heavy (non-hydrogen) atoms. The van der Waals surface area contributed by atoms with E-state index in [1.165, 1.54) is 0 Å². The molecule has 0 unspecified atom stereocenters. The molecule has 1 aromatic rings. The number of rotatable bonds is 1. The van der Waals surface area contributed by atoms with Crippen molar-refractivity contribution < 1.29 is 0 Å². The van der Waals surface area contributed by atoms with Crippen molar-refractivity contribution in [3.05, 3.63) is 27.7 Å². The fourth-order valence-electron chi connectivity index (χ4n) is 0.918. The second-order valence-corrected chi connectivity index (χ2v) is 4.25. The molecule has 0 fully saturated rings. The molecule has 0 bridgehead atoms. The van der Waals surface area contributed by atoms with Crippen molar-refractivity contribution >= 4 is 35.8 Å². The summed E-state index contributed by atoms with van der Waals surface area (Å²) in [6.07, 6.45) is 0. The first kappa shape index (κ1) is 10.2. The van der Waals surface area contributed by atoms with Crippen molar-refractivity contribution in [3.63, 3.8) is 0 Å². The molecule has 0 amide bonds. The highest BCUT2D eigenvalue weighted by molar-refractivity contribution is 7.80. The minimum atomic E-state index is 0.439. The van der Waals surface area contributed by atoms with Crippen LogP contribution < -0.4 is 0 Å². The molecule has 0 aliphatic rings. The van der Waals surface area contributed by atoms with Gasteiger partial charge in [-0.3, -0.25) is 0 Å². The molecule has 1 aromatic carbocycles. The normalized spacial score (nSPS) is 10.8. The molecule has 0 saturated heterocycles. The Kier molecular flexibility index (Phi) is 3.33. The van der Waals surface area contributed by atoms with Gasteiger partial charge in [0.05, 0.1) is 10.0 Å². The highest BCUT2D eigenvalue weighted by Crippen LogP contribution is 2.31. The third-order valence-electron chi connectivity index (χ3n) is 1.71. The minimum Gasteiger partial charge on any atom is -0.140 e. The molecule has 3 heteroatoms. The SMILES string of the molecule is CC(C)c1cc(Cl)c(S)c(Cl)c1. The van der Waals surface area contributed by atoms with Crippen molar-refractivity contribution in [2.24, 2.45) is 0 Å². The van der Waals surface area contributed by atoms with Crippen LogP contribution in [0.1, 0.15) is 25.3 Å². The van der Waals surface area contributed by atoms with Crippen molar-refractivity contribution in [2.45, 2.75) is 24.7 Å². The molecule has 0 spiro atoms. The molecular formula is C9H10Cl2S. The Morgan fingerprint density at radius 1 is 1.17 bits per heavy atom. The van der Waals surface area contributed by atoms with Gasteiger partial charge in [-0.05, 0) is 23.6 Å². The van der Waals surface area contributed by atoms with Crippen molar-refractivity contribution in [1.82, 2.24) is 0 Å². The third kappa shape index (κ3) is 2.09. The molecular weight excluding hydrogens is 211 g/mol. The van der Waals surface area contributed by atoms with E-state index in [9.17, 15) is 0 Å². The topological polar surface area (TPSA) is 0 Å². The molecule has 0 nitrogen and oxygen atoms in total. The predicted molar refractivity (Wildman–Crippen MR) is 57.8 cm³/mol. The van der Waals surface area contributed by atoms with E-state index in [0.29, 0.717) is 20.9 Å². The third-order valence-corrected chi connectivity index (χ3v) is 3.05. The van der Waals surface area contributed by atoms with Gasteiger partial charge in [0.1, 0.15) is 0 Å². The fourth-order valence-corrected chi connectivity index (χ4v) is 1.55. The smallest absolute Gasteiger partial charge is 0.0557 e. The summed E-state index contributed by atoms with van der Waals surface area (Å²) in [7, 11) is 0. The maximum absolute atomic E-state index is 5.90. The Hall–Kier alpha value is 0.150. The van der Waals surface area contributed by atoms with Crippen molar-refractivity contribution in [3.8, 4) is 0 Å². The fraction of sp³-hybridized carbons (Fsp3) is 0.333. The van der Waals surface area contributed by atoms with Crippen LogP contribution in [0.4, 0.5) is 0 Å². The Balaban J connectivity index is 3.21. The molecule has 1 rings (SSSR count). The molecule has 0 aliphatic carbocycles. The summed E-state index contributed by atoms with van der Waals surface area (Å²) in [6, 6.07) is 3.81. The summed E-state index contributed by atoms with van der Waals surface area (Å²) in [6.45, 7) is 4.19. The van der Waals surface area contributed by atoms with Gasteiger partial charge in [0.15, 0.2) is 0 Å². The lowest BCUT2D eigenvalue weighted by Gasteiger charge is -2.08. The zero-order chi connectivity index (χ0) is 9.30. The highest BCUT2D eigenvalue weighted by Gasteiger charge is 2.06. The zero-order valence-corrected chi connectivity index (χ0v) is 9.34. The van der Waals surface area contributed by atoms with Gasteiger partial charge >= 0.3 is 0 Å².